The Morgan fingerprint density at radius 2 is 2.20 bits per heavy atom. The molecule has 7 nitrogen and oxygen atoms in total. The SMILES string of the molecule is COc1ccc(Br)cc1Nc1nc(N)nc2nc[nH]c12. The van der Waals surface area contributed by atoms with Crippen LogP contribution in [0.3, 0.4) is 0 Å². The first-order valence-corrected chi connectivity index (χ1v) is 6.54. The lowest BCUT2D eigenvalue weighted by Crippen LogP contribution is -2.02. The average Bonchev–Trinajstić information content (AvgIpc) is 2.87. The van der Waals surface area contributed by atoms with Gasteiger partial charge in [-0.05, 0) is 18.2 Å². The fourth-order valence-electron chi connectivity index (χ4n) is 1.85. The van der Waals surface area contributed by atoms with Crippen molar-refractivity contribution in [2.24, 2.45) is 0 Å². The molecule has 20 heavy (non-hydrogen) atoms. The molecule has 3 aromatic rings. The summed E-state index contributed by atoms with van der Waals surface area (Å²) in [5, 5.41) is 3.18. The normalized spacial score (nSPS) is 10.7. The Bertz CT molecular complexity index is 772. The molecule has 0 fully saturated rings. The lowest BCUT2D eigenvalue weighted by atomic mass is 10.3. The number of hydrogen-bond acceptors (Lipinski definition) is 6. The summed E-state index contributed by atoms with van der Waals surface area (Å²) in [5.41, 5.74) is 7.63. The third kappa shape index (κ3) is 2.25. The van der Waals surface area contributed by atoms with Gasteiger partial charge in [0.2, 0.25) is 5.95 Å². The maximum atomic E-state index is 5.68. The number of imidazole rings is 1. The number of anilines is 3. The Labute approximate surface area is 122 Å². The monoisotopic (exact) mass is 334 g/mol. The number of aromatic amines is 1. The van der Waals surface area contributed by atoms with Crippen molar-refractivity contribution in [3.63, 3.8) is 0 Å². The van der Waals surface area contributed by atoms with Crippen LogP contribution in [0, 0.1) is 0 Å². The molecule has 0 aliphatic rings. The Kier molecular flexibility index (Phi) is 3.15. The molecule has 0 aliphatic heterocycles. The maximum absolute atomic E-state index is 5.68. The van der Waals surface area contributed by atoms with Gasteiger partial charge in [-0.1, -0.05) is 15.9 Å². The minimum atomic E-state index is 0.154. The predicted octanol–water partition coefficient (Wildman–Crippen LogP) is 2.45. The van der Waals surface area contributed by atoms with Crippen molar-refractivity contribution in [1.29, 1.82) is 0 Å². The van der Waals surface area contributed by atoms with Gasteiger partial charge in [-0.15, -0.1) is 0 Å². The molecule has 3 rings (SSSR count). The summed E-state index contributed by atoms with van der Waals surface area (Å²) in [6.45, 7) is 0. The van der Waals surface area contributed by atoms with E-state index >= 15 is 0 Å². The number of ether oxygens (including phenoxy) is 1. The number of nitrogen functional groups attached to an aromatic ring is 1. The van der Waals surface area contributed by atoms with E-state index in [0.717, 1.165) is 10.2 Å². The third-order valence-electron chi connectivity index (χ3n) is 2.72. The van der Waals surface area contributed by atoms with Gasteiger partial charge in [0.1, 0.15) is 11.3 Å². The van der Waals surface area contributed by atoms with Crippen LogP contribution >= 0.6 is 15.9 Å². The van der Waals surface area contributed by atoms with Gasteiger partial charge in [0.25, 0.3) is 0 Å². The van der Waals surface area contributed by atoms with Crippen molar-refractivity contribution in [3.05, 3.63) is 29.0 Å². The second kappa shape index (κ2) is 4.97. The van der Waals surface area contributed by atoms with E-state index in [9.17, 15) is 0 Å². The van der Waals surface area contributed by atoms with Gasteiger partial charge in [-0.2, -0.15) is 9.97 Å². The molecule has 4 N–H and O–H groups in total. The summed E-state index contributed by atoms with van der Waals surface area (Å²) >= 11 is 3.42. The van der Waals surface area contributed by atoms with E-state index < -0.39 is 0 Å². The molecule has 0 saturated heterocycles. The van der Waals surface area contributed by atoms with Crippen molar-refractivity contribution < 1.29 is 4.74 Å². The van der Waals surface area contributed by atoms with Gasteiger partial charge in [-0.3, -0.25) is 0 Å². The summed E-state index contributed by atoms with van der Waals surface area (Å²) < 4.78 is 6.23. The average molecular weight is 335 g/mol. The zero-order chi connectivity index (χ0) is 14.1. The number of H-pyrrole nitrogens is 1. The van der Waals surface area contributed by atoms with Crippen LogP contribution in [-0.4, -0.2) is 27.0 Å². The molecule has 2 aromatic heterocycles. The van der Waals surface area contributed by atoms with Gasteiger partial charge in [0, 0.05) is 4.47 Å². The fraction of sp³-hybridized carbons (Fsp3) is 0.0833. The van der Waals surface area contributed by atoms with Crippen molar-refractivity contribution >= 4 is 44.5 Å². The lowest BCUT2D eigenvalue weighted by Gasteiger charge is -2.11. The van der Waals surface area contributed by atoms with Crippen LogP contribution in [0.25, 0.3) is 11.2 Å². The molecule has 102 valence electrons. The summed E-state index contributed by atoms with van der Waals surface area (Å²) in [5.74, 6) is 1.39. The zero-order valence-corrected chi connectivity index (χ0v) is 12.1. The van der Waals surface area contributed by atoms with Gasteiger partial charge in [-0.25, -0.2) is 4.98 Å². The van der Waals surface area contributed by atoms with E-state index in [4.69, 9.17) is 10.5 Å². The Balaban J connectivity index is 2.09. The van der Waals surface area contributed by atoms with E-state index in [2.05, 4.69) is 41.2 Å². The molecular formula is C12H11BrN6O. The quantitative estimate of drug-likeness (QED) is 0.680. The highest BCUT2D eigenvalue weighted by Crippen LogP contribution is 2.31. The minimum Gasteiger partial charge on any atom is -0.495 e. The number of methoxy groups -OCH3 is 1. The summed E-state index contributed by atoms with van der Waals surface area (Å²) in [6, 6.07) is 5.63. The number of rotatable bonds is 3. The van der Waals surface area contributed by atoms with Crippen LogP contribution in [-0.2, 0) is 0 Å². The molecule has 0 aliphatic carbocycles. The number of nitrogens with two attached hydrogens (primary N) is 1. The van der Waals surface area contributed by atoms with Gasteiger partial charge in [0.05, 0.1) is 19.1 Å². The number of aromatic nitrogens is 4. The number of nitrogens with one attached hydrogen (secondary N) is 2. The van der Waals surface area contributed by atoms with Crippen LogP contribution in [0.1, 0.15) is 0 Å². The molecule has 0 atom stereocenters. The molecule has 0 bridgehead atoms. The standard InChI is InChI=1S/C12H11BrN6O/c1-20-8-3-2-6(13)4-7(8)17-11-9-10(16-5-15-9)18-12(14)19-11/h2-5H,1H3,(H4,14,15,16,17,18,19). The van der Waals surface area contributed by atoms with Crippen LogP contribution in [0.2, 0.25) is 0 Å². The largest absolute Gasteiger partial charge is 0.495 e. The Hall–Kier alpha value is -2.35. The molecule has 0 unspecified atom stereocenters. The van der Waals surface area contributed by atoms with Gasteiger partial charge in [0.15, 0.2) is 11.5 Å². The zero-order valence-electron chi connectivity index (χ0n) is 10.5. The van der Waals surface area contributed by atoms with Crippen LogP contribution in [0.4, 0.5) is 17.5 Å². The van der Waals surface area contributed by atoms with Crippen molar-refractivity contribution in [3.8, 4) is 5.75 Å². The highest BCUT2D eigenvalue weighted by molar-refractivity contribution is 9.10. The fourth-order valence-corrected chi connectivity index (χ4v) is 2.21. The van der Waals surface area contributed by atoms with E-state index in [1.165, 1.54) is 0 Å². The van der Waals surface area contributed by atoms with Crippen molar-refractivity contribution in [1.82, 2.24) is 19.9 Å². The first kappa shape index (κ1) is 12.7. The highest BCUT2D eigenvalue weighted by atomic mass is 79.9. The highest BCUT2D eigenvalue weighted by Gasteiger charge is 2.11. The summed E-state index contributed by atoms with van der Waals surface area (Å²) in [6.07, 6.45) is 1.54. The van der Waals surface area contributed by atoms with Crippen LogP contribution in [0.5, 0.6) is 5.75 Å². The summed E-state index contributed by atoms with van der Waals surface area (Å²) in [7, 11) is 1.61. The topological polar surface area (TPSA) is 102 Å². The minimum absolute atomic E-state index is 0.154. The molecule has 1 aromatic carbocycles. The molecule has 0 spiro atoms. The second-order valence-electron chi connectivity index (χ2n) is 4.00. The molecule has 0 amide bonds. The second-order valence-corrected chi connectivity index (χ2v) is 4.92. The Morgan fingerprint density at radius 3 is 3.00 bits per heavy atom. The molecule has 2 heterocycles. The number of nitrogens with zero attached hydrogens (tertiary/aromatic N) is 3. The first-order valence-electron chi connectivity index (χ1n) is 5.74. The lowest BCUT2D eigenvalue weighted by molar-refractivity contribution is 0.416. The van der Waals surface area contributed by atoms with Gasteiger partial charge < -0.3 is 20.8 Å². The van der Waals surface area contributed by atoms with E-state index in [1.54, 1.807) is 13.4 Å². The molecular weight excluding hydrogens is 324 g/mol. The van der Waals surface area contributed by atoms with Crippen LogP contribution < -0.4 is 15.8 Å². The number of hydrogen-bond donors (Lipinski definition) is 3. The van der Waals surface area contributed by atoms with Crippen molar-refractivity contribution in [2.75, 3.05) is 18.2 Å². The number of halogens is 1. The first-order chi connectivity index (χ1) is 9.67. The number of benzene rings is 1. The third-order valence-corrected chi connectivity index (χ3v) is 3.21. The molecule has 0 saturated carbocycles. The van der Waals surface area contributed by atoms with E-state index in [1.807, 2.05) is 18.2 Å². The Morgan fingerprint density at radius 1 is 1.35 bits per heavy atom. The predicted molar refractivity (Wildman–Crippen MR) is 80.1 cm³/mol. The van der Waals surface area contributed by atoms with Crippen molar-refractivity contribution in [2.45, 2.75) is 0 Å². The van der Waals surface area contributed by atoms with E-state index in [0.29, 0.717) is 22.7 Å². The number of fused-ring (bicyclic) bond motifs is 1. The molecule has 8 heteroatoms. The smallest absolute Gasteiger partial charge is 0.224 e. The van der Waals surface area contributed by atoms with E-state index in [-0.39, 0.29) is 5.95 Å². The molecule has 0 radical (unpaired) electrons. The van der Waals surface area contributed by atoms with Gasteiger partial charge >= 0.3 is 0 Å². The maximum Gasteiger partial charge on any atom is 0.224 e. The summed E-state index contributed by atoms with van der Waals surface area (Å²) in [4.78, 5) is 15.3. The van der Waals surface area contributed by atoms with Crippen LogP contribution in [0.15, 0.2) is 29.0 Å².